The summed E-state index contributed by atoms with van der Waals surface area (Å²) in [5.41, 5.74) is 6.52. The SMILES string of the molecule is CC1=CCC=Cc2c1oc1c2=C=CC=CC=1.CCC. The summed E-state index contributed by atoms with van der Waals surface area (Å²) in [7, 11) is 0. The maximum absolute atomic E-state index is 5.89. The van der Waals surface area contributed by atoms with E-state index in [9.17, 15) is 0 Å². The molecule has 0 radical (unpaired) electrons. The molecule has 0 unspecified atom stereocenters. The minimum absolute atomic E-state index is 0.898. The molecule has 19 heavy (non-hydrogen) atoms. The van der Waals surface area contributed by atoms with Crippen molar-refractivity contribution in [1.82, 2.24) is 0 Å². The van der Waals surface area contributed by atoms with Crippen LogP contribution in [0.3, 0.4) is 0 Å². The molecule has 1 heterocycles. The summed E-state index contributed by atoms with van der Waals surface area (Å²) in [6, 6.07) is 0. The van der Waals surface area contributed by atoms with E-state index in [1.165, 1.54) is 12.0 Å². The molecule has 2 aliphatic carbocycles. The zero-order valence-corrected chi connectivity index (χ0v) is 11.9. The molecule has 2 aliphatic rings. The van der Waals surface area contributed by atoms with Crippen molar-refractivity contribution in [3.8, 4) is 0 Å². The second-order valence-electron chi connectivity index (χ2n) is 4.68. The van der Waals surface area contributed by atoms with E-state index >= 15 is 0 Å². The molecule has 0 atom stereocenters. The highest BCUT2D eigenvalue weighted by molar-refractivity contribution is 5.72. The second kappa shape index (κ2) is 6.26. The van der Waals surface area contributed by atoms with Gasteiger partial charge in [-0.2, -0.15) is 0 Å². The first-order valence-electron chi connectivity index (χ1n) is 6.88. The molecule has 0 amide bonds. The minimum atomic E-state index is 0.898. The summed E-state index contributed by atoms with van der Waals surface area (Å²) < 4.78 is 5.89. The largest absolute Gasteiger partial charge is 0.455 e. The number of allylic oxidation sites excluding steroid dienone is 6. The Balaban J connectivity index is 0.000000408. The normalized spacial score (nSPS) is 14.8. The number of fused-ring (bicyclic) bond motifs is 3. The van der Waals surface area contributed by atoms with Crippen molar-refractivity contribution in [2.75, 3.05) is 0 Å². The molecule has 0 saturated heterocycles. The molecule has 0 aliphatic heterocycles. The molecule has 3 rings (SSSR count). The van der Waals surface area contributed by atoms with Crippen LogP contribution in [0.25, 0.3) is 23.5 Å². The molecule has 0 bridgehead atoms. The zero-order valence-electron chi connectivity index (χ0n) is 11.9. The Morgan fingerprint density at radius 2 is 2.05 bits per heavy atom. The van der Waals surface area contributed by atoms with Crippen molar-refractivity contribution in [2.24, 2.45) is 0 Å². The van der Waals surface area contributed by atoms with Crippen LogP contribution in [0.15, 0.2) is 34.8 Å². The Morgan fingerprint density at radius 3 is 2.84 bits per heavy atom. The van der Waals surface area contributed by atoms with Gasteiger partial charge in [0.1, 0.15) is 11.2 Å². The van der Waals surface area contributed by atoms with Gasteiger partial charge in [0.05, 0.1) is 5.22 Å². The third-order valence-corrected chi connectivity index (χ3v) is 2.86. The second-order valence-corrected chi connectivity index (χ2v) is 4.68. The van der Waals surface area contributed by atoms with Crippen LogP contribution in [0.4, 0.5) is 0 Å². The molecule has 1 nitrogen and oxygen atoms in total. The van der Waals surface area contributed by atoms with Crippen LogP contribution in [0.2, 0.25) is 0 Å². The maximum atomic E-state index is 5.89. The van der Waals surface area contributed by atoms with Crippen molar-refractivity contribution in [3.05, 3.63) is 52.3 Å². The highest BCUT2D eigenvalue weighted by Gasteiger charge is 2.12. The molecular weight excluding hydrogens is 232 g/mol. The molecule has 1 aromatic heterocycles. The maximum Gasteiger partial charge on any atom is 0.143 e. The van der Waals surface area contributed by atoms with Gasteiger partial charge in [-0.05, 0) is 31.1 Å². The lowest BCUT2D eigenvalue weighted by Gasteiger charge is -1.94. The van der Waals surface area contributed by atoms with Crippen LogP contribution in [0.5, 0.6) is 0 Å². The van der Waals surface area contributed by atoms with E-state index in [0.717, 1.165) is 28.4 Å². The van der Waals surface area contributed by atoms with Gasteiger partial charge < -0.3 is 4.42 Å². The molecule has 0 N–H and O–H groups in total. The van der Waals surface area contributed by atoms with Gasteiger partial charge in [-0.15, -0.1) is 5.73 Å². The van der Waals surface area contributed by atoms with E-state index < -0.39 is 0 Å². The van der Waals surface area contributed by atoms with Gasteiger partial charge in [-0.3, -0.25) is 0 Å². The van der Waals surface area contributed by atoms with Gasteiger partial charge in [0.15, 0.2) is 0 Å². The quantitative estimate of drug-likeness (QED) is 0.684. The average Bonchev–Trinajstić information content (AvgIpc) is 2.57. The first-order chi connectivity index (χ1) is 9.27. The molecule has 0 fully saturated rings. The lowest BCUT2D eigenvalue weighted by Crippen LogP contribution is -2.19. The van der Waals surface area contributed by atoms with E-state index in [1.54, 1.807) is 0 Å². The van der Waals surface area contributed by atoms with Crippen molar-refractivity contribution in [3.63, 3.8) is 0 Å². The third-order valence-electron chi connectivity index (χ3n) is 2.86. The Hall–Kier alpha value is -1.98. The van der Waals surface area contributed by atoms with Crippen LogP contribution in [-0.2, 0) is 0 Å². The standard InChI is InChI=1S/C15H12O.C3H8/c1-11-7-5-6-9-13-12-8-3-2-4-10-14(12)16-15(11)13;1-3-2/h2-4,6-7,9-10H,5H2,1H3;3H2,1-2H3. The number of hydrogen-bond acceptors (Lipinski definition) is 1. The van der Waals surface area contributed by atoms with Gasteiger partial charge in [-0.25, -0.2) is 0 Å². The summed E-state index contributed by atoms with van der Waals surface area (Å²) in [4.78, 5) is 0. The van der Waals surface area contributed by atoms with Crippen LogP contribution in [0, 0.1) is 0 Å². The smallest absolute Gasteiger partial charge is 0.143 e. The molecule has 0 saturated carbocycles. The highest BCUT2D eigenvalue weighted by atomic mass is 16.3. The van der Waals surface area contributed by atoms with Gasteiger partial charge in [0.25, 0.3) is 0 Å². The summed E-state index contributed by atoms with van der Waals surface area (Å²) in [5.74, 6) is 0.978. The summed E-state index contributed by atoms with van der Waals surface area (Å²) >= 11 is 0. The van der Waals surface area contributed by atoms with Gasteiger partial charge in [-0.1, -0.05) is 50.6 Å². The highest BCUT2D eigenvalue weighted by Crippen LogP contribution is 2.20. The van der Waals surface area contributed by atoms with E-state index in [2.05, 4.69) is 44.7 Å². The number of furan rings is 1. The molecule has 0 aromatic carbocycles. The first kappa shape index (κ1) is 13.5. The Bertz CT molecular complexity index is 687. The molecular formula is C18H20O. The van der Waals surface area contributed by atoms with Crippen molar-refractivity contribution < 1.29 is 4.42 Å². The number of rotatable bonds is 0. The lowest BCUT2D eigenvalue weighted by molar-refractivity contribution is 0.518. The fourth-order valence-electron chi connectivity index (χ4n) is 2.03. The van der Waals surface area contributed by atoms with Crippen LogP contribution >= 0.6 is 0 Å². The van der Waals surface area contributed by atoms with E-state index in [-0.39, 0.29) is 0 Å². The third kappa shape index (κ3) is 2.89. The van der Waals surface area contributed by atoms with Crippen LogP contribution < -0.4 is 10.6 Å². The summed E-state index contributed by atoms with van der Waals surface area (Å²) in [6.07, 6.45) is 16.5. The minimum Gasteiger partial charge on any atom is -0.455 e. The van der Waals surface area contributed by atoms with Gasteiger partial charge in [0.2, 0.25) is 0 Å². The fourth-order valence-corrected chi connectivity index (χ4v) is 2.03. The van der Waals surface area contributed by atoms with E-state index in [4.69, 9.17) is 4.42 Å². The average molecular weight is 252 g/mol. The molecule has 1 heteroatoms. The van der Waals surface area contributed by atoms with Crippen molar-refractivity contribution in [1.29, 1.82) is 0 Å². The van der Waals surface area contributed by atoms with Crippen LogP contribution in [-0.4, -0.2) is 0 Å². The molecule has 98 valence electrons. The Labute approximate surface area is 114 Å². The van der Waals surface area contributed by atoms with Crippen LogP contribution in [0.1, 0.15) is 44.9 Å². The summed E-state index contributed by atoms with van der Waals surface area (Å²) in [5, 5.41) is 1.06. The van der Waals surface area contributed by atoms with Gasteiger partial charge >= 0.3 is 0 Å². The van der Waals surface area contributed by atoms with E-state index in [1.807, 2.05) is 24.3 Å². The monoisotopic (exact) mass is 252 g/mol. The predicted octanol–water partition coefficient (Wildman–Crippen LogP) is 3.80. The Kier molecular flexibility index (Phi) is 4.43. The molecule has 0 spiro atoms. The van der Waals surface area contributed by atoms with Crippen molar-refractivity contribution >= 4 is 23.5 Å². The number of hydrogen-bond donors (Lipinski definition) is 0. The fraction of sp³-hybridized carbons (Fsp3) is 0.278. The lowest BCUT2D eigenvalue weighted by atomic mass is 10.1. The predicted molar refractivity (Wildman–Crippen MR) is 82.8 cm³/mol. The van der Waals surface area contributed by atoms with Gasteiger partial charge in [0, 0.05) is 5.56 Å². The zero-order chi connectivity index (χ0) is 13.7. The van der Waals surface area contributed by atoms with Crippen molar-refractivity contribution in [2.45, 2.75) is 33.6 Å². The van der Waals surface area contributed by atoms with E-state index in [0.29, 0.717) is 0 Å². The topological polar surface area (TPSA) is 13.1 Å². The Morgan fingerprint density at radius 1 is 1.26 bits per heavy atom. The summed E-state index contributed by atoms with van der Waals surface area (Å²) in [6.45, 7) is 6.34. The first-order valence-corrected chi connectivity index (χ1v) is 6.88. The molecule has 1 aromatic rings.